The van der Waals surface area contributed by atoms with Crippen LogP contribution in [0.2, 0.25) is 0 Å². The number of thiazole rings is 1. The number of hydrogen-bond acceptors (Lipinski definition) is 5. The first-order valence-corrected chi connectivity index (χ1v) is 6.56. The summed E-state index contributed by atoms with van der Waals surface area (Å²) in [6.45, 7) is 3.91. The van der Waals surface area contributed by atoms with Gasteiger partial charge in [0.25, 0.3) is 0 Å². The molecular weight excluding hydrogens is 232 g/mol. The van der Waals surface area contributed by atoms with Crippen LogP contribution in [0.25, 0.3) is 0 Å². The Morgan fingerprint density at radius 1 is 1.12 bits per heavy atom. The third kappa shape index (κ3) is 3.71. The van der Waals surface area contributed by atoms with Crippen molar-refractivity contribution in [1.82, 2.24) is 9.97 Å². The molecule has 90 valence electrons. The number of pyridine rings is 1. The van der Waals surface area contributed by atoms with Gasteiger partial charge in [0.15, 0.2) is 0 Å². The van der Waals surface area contributed by atoms with E-state index in [0.29, 0.717) is 0 Å². The SMILES string of the molecule is CCCNc1cncc(NCc2cncs2)c1. The highest BCUT2D eigenvalue weighted by Crippen LogP contribution is 2.15. The van der Waals surface area contributed by atoms with Crippen LogP contribution < -0.4 is 10.6 Å². The lowest BCUT2D eigenvalue weighted by molar-refractivity contribution is 0.977. The van der Waals surface area contributed by atoms with Gasteiger partial charge in [-0.15, -0.1) is 11.3 Å². The summed E-state index contributed by atoms with van der Waals surface area (Å²) in [4.78, 5) is 9.46. The largest absolute Gasteiger partial charge is 0.384 e. The van der Waals surface area contributed by atoms with Crippen LogP contribution in [0, 0.1) is 0 Å². The van der Waals surface area contributed by atoms with Gasteiger partial charge in [-0.1, -0.05) is 6.92 Å². The van der Waals surface area contributed by atoms with Gasteiger partial charge < -0.3 is 10.6 Å². The maximum atomic E-state index is 4.20. The van der Waals surface area contributed by atoms with Gasteiger partial charge in [0, 0.05) is 17.6 Å². The zero-order valence-electron chi connectivity index (χ0n) is 9.81. The third-order valence-electron chi connectivity index (χ3n) is 2.27. The summed E-state index contributed by atoms with van der Waals surface area (Å²) >= 11 is 1.65. The summed E-state index contributed by atoms with van der Waals surface area (Å²) in [5.41, 5.74) is 3.93. The smallest absolute Gasteiger partial charge is 0.0794 e. The van der Waals surface area contributed by atoms with Crippen LogP contribution in [0.15, 0.2) is 30.2 Å². The van der Waals surface area contributed by atoms with Crippen LogP contribution in [0.1, 0.15) is 18.2 Å². The molecule has 2 aromatic heterocycles. The average molecular weight is 248 g/mol. The Morgan fingerprint density at radius 2 is 1.94 bits per heavy atom. The van der Waals surface area contributed by atoms with Crippen LogP contribution in [-0.2, 0) is 6.54 Å². The van der Waals surface area contributed by atoms with E-state index in [1.54, 1.807) is 11.3 Å². The molecule has 0 unspecified atom stereocenters. The van der Waals surface area contributed by atoms with Crippen molar-refractivity contribution in [3.63, 3.8) is 0 Å². The number of aromatic nitrogens is 2. The van der Waals surface area contributed by atoms with Crippen LogP contribution >= 0.6 is 11.3 Å². The molecule has 0 bridgehead atoms. The van der Waals surface area contributed by atoms with E-state index in [-0.39, 0.29) is 0 Å². The molecule has 17 heavy (non-hydrogen) atoms. The van der Waals surface area contributed by atoms with Crippen molar-refractivity contribution >= 4 is 22.7 Å². The molecule has 0 amide bonds. The summed E-state index contributed by atoms with van der Waals surface area (Å²) in [5.74, 6) is 0. The van der Waals surface area contributed by atoms with Gasteiger partial charge in [-0.2, -0.15) is 0 Å². The topological polar surface area (TPSA) is 49.8 Å². The molecule has 0 aliphatic carbocycles. The van der Waals surface area contributed by atoms with E-state index in [1.165, 1.54) is 4.88 Å². The van der Waals surface area contributed by atoms with E-state index in [0.717, 1.165) is 30.9 Å². The highest BCUT2D eigenvalue weighted by atomic mass is 32.1. The predicted molar refractivity (Wildman–Crippen MR) is 72.5 cm³/mol. The van der Waals surface area contributed by atoms with Crippen molar-refractivity contribution in [3.8, 4) is 0 Å². The zero-order valence-corrected chi connectivity index (χ0v) is 10.6. The Kier molecular flexibility index (Phi) is 4.32. The van der Waals surface area contributed by atoms with Crippen molar-refractivity contribution < 1.29 is 0 Å². The minimum atomic E-state index is 0.795. The molecule has 5 heteroatoms. The summed E-state index contributed by atoms with van der Waals surface area (Å²) < 4.78 is 0. The molecular formula is C12H16N4S. The first kappa shape index (κ1) is 11.9. The number of hydrogen-bond donors (Lipinski definition) is 2. The van der Waals surface area contributed by atoms with Gasteiger partial charge in [-0.05, 0) is 12.5 Å². The fourth-order valence-corrected chi connectivity index (χ4v) is 1.96. The molecule has 0 saturated carbocycles. The quantitative estimate of drug-likeness (QED) is 0.825. The average Bonchev–Trinajstić information content (AvgIpc) is 2.87. The Balaban J connectivity index is 1.91. The van der Waals surface area contributed by atoms with E-state index >= 15 is 0 Å². The molecule has 0 saturated heterocycles. The van der Waals surface area contributed by atoms with Crippen LogP contribution in [0.5, 0.6) is 0 Å². The molecule has 0 radical (unpaired) electrons. The summed E-state index contributed by atoms with van der Waals surface area (Å²) in [7, 11) is 0. The Morgan fingerprint density at radius 3 is 2.65 bits per heavy atom. The van der Waals surface area contributed by atoms with Gasteiger partial charge in [0.1, 0.15) is 0 Å². The molecule has 2 N–H and O–H groups in total. The maximum Gasteiger partial charge on any atom is 0.0794 e. The lowest BCUT2D eigenvalue weighted by atomic mass is 10.3. The minimum Gasteiger partial charge on any atom is -0.384 e. The fraction of sp³-hybridized carbons (Fsp3) is 0.333. The van der Waals surface area contributed by atoms with Crippen LogP contribution in [0.4, 0.5) is 11.4 Å². The van der Waals surface area contributed by atoms with Crippen molar-refractivity contribution in [2.45, 2.75) is 19.9 Å². The molecule has 0 atom stereocenters. The number of anilines is 2. The summed E-state index contributed by atoms with van der Waals surface area (Å²) in [6, 6.07) is 2.07. The van der Waals surface area contributed by atoms with E-state index in [4.69, 9.17) is 0 Å². The molecule has 0 fully saturated rings. The second-order valence-electron chi connectivity index (χ2n) is 3.71. The molecule has 0 aliphatic rings. The summed E-state index contributed by atoms with van der Waals surface area (Å²) in [5, 5.41) is 6.65. The highest BCUT2D eigenvalue weighted by Gasteiger charge is 1.97. The Labute approximate surface area is 105 Å². The fourth-order valence-electron chi connectivity index (χ4n) is 1.42. The zero-order chi connectivity index (χ0) is 11.9. The molecule has 0 aliphatic heterocycles. The number of nitrogens with zero attached hydrogens (tertiary/aromatic N) is 2. The normalized spacial score (nSPS) is 10.2. The predicted octanol–water partition coefficient (Wildman–Crippen LogP) is 2.97. The van der Waals surface area contributed by atoms with Gasteiger partial charge in [-0.3, -0.25) is 9.97 Å². The Bertz CT molecular complexity index is 442. The maximum absolute atomic E-state index is 4.20. The van der Waals surface area contributed by atoms with Gasteiger partial charge in [-0.25, -0.2) is 0 Å². The first-order chi connectivity index (χ1) is 8.38. The number of rotatable bonds is 6. The Hall–Kier alpha value is -1.62. The van der Waals surface area contributed by atoms with Crippen LogP contribution in [-0.4, -0.2) is 16.5 Å². The molecule has 2 heterocycles. The second kappa shape index (κ2) is 6.20. The first-order valence-electron chi connectivity index (χ1n) is 5.68. The molecule has 2 rings (SSSR count). The lowest BCUT2D eigenvalue weighted by Gasteiger charge is -2.08. The van der Waals surface area contributed by atoms with Crippen molar-refractivity contribution in [2.75, 3.05) is 17.2 Å². The number of nitrogens with one attached hydrogen (secondary N) is 2. The lowest BCUT2D eigenvalue weighted by Crippen LogP contribution is -2.02. The molecule has 2 aromatic rings. The van der Waals surface area contributed by atoms with Crippen LogP contribution in [0.3, 0.4) is 0 Å². The molecule has 0 aromatic carbocycles. The van der Waals surface area contributed by atoms with E-state index in [2.05, 4.69) is 33.6 Å². The minimum absolute atomic E-state index is 0.795. The van der Waals surface area contributed by atoms with Crippen molar-refractivity contribution in [2.24, 2.45) is 0 Å². The van der Waals surface area contributed by atoms with Crippen molar-refractivity contribution in [3.05, 3.63) is 35.0 Å². The molecule has 0 spiro atoms. The summed E-state index contributed by atoms with van der Waals surface area (Å²) in [6.07, 6.45) is 6.66. The van der Waals surface area contributed by atoms with E-state index in [9.17, 15) is 0 Å². The molecule has 4 nitrogen and oxygen atoms in total. The third-order valence-corrected chi connectivity index (χ3v) is 3.05. The van der Waals surface area contributed by atoms with E-state index < -0.39 is 0 Å². The van der Waals surface area contributed by atoms with Crippen molar-refractivity contribution in [1.29, 1.82) is 0 Å². The van der Waals surface area contributed by atoms with Gasteiger partial charge >= 0.3 is 0 Å². The second-order valence-corrected chi connectivity index (χ2v) is 4.68. The van der Waals surface area contributed by atoms with E-state index in [1.807, 2.05) is 24.1 Å². The van der Waals surface area contributed by atoms with Gasteiger partial charge in [0.2, 0.25) is 0 Å². The highest BCUT2D eigenvalue weighted by molar-refractivity contribution is 7.09. The van der Waals surface area contributed by atoms with Gasteiger partial charge in [0.05, 0.1) is 35.8 Å². The monoisotopic (exact) mass is 248 g/mol. The standard InChI is InChI=1S/C12H16N4S/c1-2-3-15-10-4-11(6-13-5-10)16-8-12-7-14-9-17-12/h4-7,9,15-16H,2-3,8H2,1H3.